The van der Waals surface area contributed by atoms with Gasteiger partial charge in [-0.15, -0.1) is 0 Å². The molecule has 3 aromatic rings. The number of nitrogen functional groups attached to an aromatic ring is 1. The number of nitrogens with two attached hydrogens (primary N) is 1. The second-order valence-electron chi connectivity index (χ2n) is 3.19. The van der Waals surface area contributed by atoms with E-state index >= 15 is 0 Å². The average Bonchev–Trinajstić information content (AvgIpc) is 2.82. The van der Waals surface area contributed by atoms with E-state index < -0.39 is 0 Å². The van der Waals surface area contributed by atoms with Crippen LogP contribution in [0.5, 0.6) is 0 Å². The standard InChI is InChI=1S/C10H8N4O/c11-6-5-12-14-9(6)10-13-7-3-1-2-4-8(7)15-10/h1-5H,11H2,(H,12,14). The van der Waals surface area contributed by atoms with Crippen molar-refractivity contribution in [3.63, 3.8) is 0 Å². The molecule has 2 heterocycles. The zero-order valence-electron chi connectivity index (χ0n) is 7.77. The summed E-state index contributed by atoms with van der Waals surface area (Å²) in [5.41, 5.74) is 8.39. The van der Waals surface area contributed by atoms with E-state index in [0.717, 1.165) is 11.1 Å². The molecule has 5 nitrogen and oxygen atoms in total. The molecule has 2 aromatic heterocycles. The van der Waals surface area contributed by atoms with Crippen LogP contribution in [0.25, 0.3) is 22.7 Å². The Morgan fingerprint density at radius 1 is 1.27 bits per heavy atom. The SMILES string of the molecule is Nc1cn[nH]c1-c1nc2ccccc2o1. The van der Waals surface area contributed by atoms with Gasteiger partial charge in [0, 0.05) is 0 Å². The van der Waals surface area contributed by atoms with Gasteiger partial charge < -0.3 is 10.2 Å². The largest absolute Gasteiger partial charge is 0.435 e. The topological polar surface area (TPSA) is 80.7 Å². The smallest absolute Gasteiger partial charge is 0.247 e. The van der Waals surface area contributed by atoms with Crippen molar-refractivity contribution >= 4 is 16.8 Å². The normalized spacial score (nSPS) is 10.9. The summed E-state index contributed by atoms with van der Waals surface area (Å²) in [6, 6.07) is 7.55. The second kappa shape index (κ2) is 2.84. The van der Waals surface area contributed by atoms with Gasteiger partial charge in [0.15, 0.2) is 5.58 Å². The van der Waals surface area contributed by atoms with Gasteiger partial charge in [0.05, 0.1) is 11.9 Å². The van der Waals surface area contributed by atoms with Crippen LogP contribution in [0.1, 0.15) is 0 Å². The summed E-state index contributed by atoms with van der Waals surface area (Å²) in [6.07, 6.45) is 1.53. The third-order valence-electron chi connectivity index (χ3n) is 2.18. The van der Waals surface area contributed by atoms with Crippen molar-refractivity contribution in [1.29, 1.82) is 0 Å². The Hall–Kier alpha value is -2.30. The van der Waals surface area contributed by atoms with E-state index in [4.69, 9.17) is 10.2 Å². The maximum absolute atomic E-state index is 5.70. The van der Waals surface area contributed by atoms with E-state index in [1.165, 1.54) is 6.20 Å². The van der Waals surface area contributed by atoms with Gasteiger partial charge in [-0.3, -0.25) is 5.10 Å². The first kappa shape index (κ1) is 8.05. The average molecular weight is 200 g/mol. The summed E-state index contributed by atoms with van der Waals surface area (Å²) in [6.45, 7) is 0. The molecule has 3 N–H and O–H groups in total. The highest BCUT2D eigenvalue weighted by Crippen LogP contribution is 2.25. The zero-order valence-corrected chi connectivity index (χ0v) is 7.77. The van der Waals surface area contributed by atoms with Crippen LogP contribution in [0.4, 0.5) is 5.69 Å². The van der Waals surface area contributed by atoms with Gasteiger partial charge in [0.1, 0.15) is 11.2 Å². The highest BCUT2D eigenvalue weighted by molar-refractivity contribution is 5.77. The number of nitrogens with one attached hydrogen (secondary N) is 1. The molecule has 3 rings (SSSR count). The molecule has 0 spiro atoms. The Bertz CT molecular complexity index is 577. The van der Waals surface area contributed by atoms with Crippen LogP contribution in [0.3, 0.4) is 0 Å². The van der Waals surface area contributed by atoms with Crippen molar-refractivity contribution in [3.8, 4) is 11.6 Å². The molecule has 0 aliphatic rings. The Morgan fingerprint density at radius 3 is 2.87 bits per heavy atom. The number of aromatic nitrogens is 3. The first-order chi connectivity index (χ1) is 7.34. The van der Waals surface area contributed by atoms with Crippen LogP contribution < -0.4 is 5.73 Å². The summed E-state index contributed by atoms with van der Waals surface area (Å²) >= 11 is 0. The quantitative estimate of drug-likeness (QED) is 0.627. The van der Waals surface area contributed by atoms with Crippen molar-refractivity contribution in [2.75, 3.05) is 5.73 Å². The number of aromatic amines is 1. The van der Waals surface area contributed by atoms with Crippen molar-refractivity contribution in [3.05, 3.63) is 30.5 Å². The van der Waals surface area contributed by atoms with Crippen LogP contribution in [-0.2, 0) is 0 Å². The van der Waals surface area contributed by atoms with Crippen LogP contribution in [0.2, 0.25) is 0 Å². The number of hydrogen-bond acceptors (Lipinski definition) is 4. The number of para-hydroxylation sites is 2. The number of rotatable bonds is 1. The van der Waals surface area contributed by atoms with E-state index in [-0.39, 0.29) is 0 Å². The highest BCUT2D eigenvalue weighted by Gasteiger charge is 2.11. The Labute approximate surface area is 84.9 Å². The first-order valence-electron chi connectivity index (χ1n) is 4.49. The number of hydrogen-bond donors (Lipinski definition) is 2. The van der Waals surface area contributed by atoms with Crippen LogP contribution in [0, 0.1) is 0 Å². The summed E-state index contributed by atoms with van der Waals surface area (Å²) < 4.78 is 5.53. The Morgan fingerprint density at radius 2 is 2.13 bits per heavy atom. The lowest BCUT2D eigenvalue weighted by molar-refractivity contribution is 0.616. The number of nitrogens with zero attached hydrogens (tertiary/aromatic N) is 2. The van der Waals surface area contributed by atoms with Gasteiger partial charge in [-0.05, 0) is 12.1 Å². The lowest BCUT2D eigenvalue weighted by Crippen LogP contribution is -1.85. The third-order valence-corrected chi connectivity index (χ3v) is 2.18. The fourth-order valence-corrected chi connectivity index (χ4v) is 1.45. The van der Waals surface area contributed by atoms with E-state index in [1.807, 2.05) is 24.3 Å². The van der Waals surface area contributed by atoms with Crippen molar-refractivity contribution < 1.29 is 4.42 Å². The Kier molecular flexibility index (Phi) is 1.53. The predicted molar refractivity (Wildman–Crippen MR) is 56.0 cm³/mol. The monoisotopic (exact) mass is 200 g/mol. The molecule has 0 atom stereocenters. The number of oxazole rings is 1. The number of anilines is 1. The van der Waals surface area contributed by atoms with E-state index in [2.05, 4.69) is 15.2 Å². The molecular weight excluding hydrogens is 192 g/mol. The lowest BCUT2D eigenvalue weighted by atomic mass is 10.3. The molecule has 15 heavy (non-hydrogen) atoms. The molecule has 1 aromatic carbocycles. The number of H-pyrrole nitrogens is 1. The zero-order chi connectivity index (χ0) is 10.3. The molecule has 0 fully saturated rings. The maximum Gasteiger partial charge on any atom is 0.247 e. The van der Waals surface area contributed by atoms with E-state index in [9.17, 15) is 0 Å². The molecule has 5 heteroatoms. The van der Waals surface area contributed by atoms with Crippen LogP contribution in [0.15, 0.2) is 34.9 Å². The van der Waals surface area contributed by atoms with Gasteiger partial charge in [-0.1, -0.05) is 12.1 Å². The van der Waals surface area contributed by atoms with Gasteiger partial charge in [-0.25, -0.2) is 4.98 Å². The fraction of sp³-hybridized carbons (Fsp3) is 0. The van der Waals surface area contributed by atoms with Crippen molar-refractivity contribution in [2.24, 2.45) is 0 Å². The van der Waals surface area contributed by atoms with E-state index in [1.54, 1.807) is 0 Å². The summed E-state index contributed by atoms with van der Waals surface area (Å²) in [7, 11) is 0. The predicted octanol–water partition coefficient (Wildman–Crippen LogP) is 1.80. The van der Waals surface area contributed by atoms with E-state index in [0.29, 0.717) is 17.3 Å². The first-order valence-corrected chi connectivity index (χ1v) is 4.49. The van der Waals surface area contributed by atoms with Crippen molar-refractivity contribution in [1.82, 2.24) is 15.2 Å². The second-order valence-corrected chi connectivity index (χ2v) is 3.19. The van der Waals surface area contributed by atoms with Gasteiger partial charge in [-0.2, -0.15) is 5.10 Å². The molecule has 0 saturated heterocycles. The molecule has 0 aliphatic carbocycles. The summed E-state index contributed by atoms with van der Waals surface area (Å²) in [5.74, 6) is 0.464. The molecular formula is C10H8N4O. The minimum atomic E-state index is 0.464. The summed E-state index contributed by atoms with van der Waals surface area (Å²) in [5, 5.41) is 6.57. The molecule has 0 unspecified atom stereocenters. The number of fused-ring (bicyclic) bond motifs is 1. The number of benzene rings is 1. The third kappa shape index (κ3) is 1.17. The van der Waals surface area contributed by atoms with Crippen LogP contribution in [-0.4, -0.2) is 15.2 Å². The summed E-state index contributed by atoms with van der Waals surface area (Å²) in [4.78, 5) is 4.30. The highest BCUT2D eigenvalue weighted by atomic mass is 16.3. The minimum Gasteiger partial charge on any atom is -0.435 e. The molecule has 0 bridgehead atoms. The Balaban J connectivity index is 2.24. The van der Waals surface area contributed by atoms with Crippen LogP contribution >= 0.6 is 0 Å². The van der Waals surface area contributed by atoms with Gasteiger partial charge in [0.25, 0.3) is 0 Å². The van der Waals surface area contributed by atoms with Gasteiger partial charge in [0.2, 0.25) is 5.89 Å². The molecule has 0 radical (unpaired) electrons. The molecule has 74 valence electrons. The maximum atomic E-state index is 5.70. The van der Waals surface area contributed by atoms with Gasteiger partial charge >= 0.3 is 0 Å². The fourth-order valence-electron chi connectivity index (χ4n) is 1.45. The molecule has 0 aliphatic heterocycles. The lowest BCUT2D eigenvalue weighted by Gasteiger charge is -1.89. The molecule has 0 saturated carbocycles. The molecule has 0 amide bonds. The van der Waals surface area contributed by atoms with Crippen molar-refractivity contribution in [2.45, 2.75) is 0 Å². The minimum absolute atomic E-state index is 0.464.